The number of aromatic carboxylic acids is 1. The van der Waals surface area contributed by atoms with Crippen molar-refractivity contribution in [3.63, 3.8) is 0 Å². The fourth-order valence-corrected chi connectivity index (χ4v) is 1.50. The van der Waals surface area contributed by atoms with Gasteiger partial charge in [0, 0.05) is 0 Å². The average Bonchev–Trinajstić information content (AvgIpc) is 2.18. The molecule has 0 unspecified atom stereocenters. The summed E-state index contributed by atoms with van der Waals surface area (Å²) in [6.07, 6.45) is 0. The molecule has 1 aromatic rings. The Balaban J connectivity index is 3.20. The predicted molar refractivity (Wildman–Crippen MR) is 52.0 cm³/mol. The molecule has 0 spiro atoms. The van der Waals surface area contributed by atoms with E-state index < -0.39 is 38.6 Å². The summed E-state index contributed by atoms with van der Waals surface area (Å²) in [6.45, 7) is 0. The lowest BCUT2D eigenvalue weighted by Gasteiger charge is -2.11. The Morgan fingerprint density at radius 1 is 1.28 bits per heavy atom. The molecule has 0 atom stereocenters. The summed E-state index contributed by atoms with van der Waals surface area (Å²) in [7, 11) is -5.80. The maximum Gasteiger partial charge on any atom is 0.516 e. The highest BCUT2D eigenvalue weighted by Gasteiger charge is 2.46. The van der Waals surface area contributed by atoms with Gasteiger partial charge < -0.3 is 5.11 Å². The van der Waals surface area contributed by atoms with E-state index in [4.69, 9.17) is 5.11 Å². The van der Waals surface area contributed by atoms with E-state index in [0.717, 1.165) is 10.8 Å². The van der Waals surface area contributed by atoms with E-state index >= 15 is 0 Å². The molecule has 18 heavy (non-hydrogen) atoms. The van der Waals surface area contributed by atoms with Crippen LogP contribution >= 0.6 is 0 Å². The second-order valence-electron chi connectivity index (χ2n) is 3.05. The molecule has 0 radical (unpaired) electrons. The first-order valence-corrected chi connectivity index (χ1v) is 5.65. The molecule has 2 N–H and O–H groups in total. The third kappa shape index (κ3) is 2.88. The Bertz CT molecular complexity index is 581. The minimum absolute atomic E-state index is 0.445. The van der Waals surface area contributed by atoms with Gasteiger partial charge in [0.05, 0.1) is 11.3 Å². The summed E-state index contributed by atoms with van der Waals surface area (Å²) >= 11 is 0. The molecule has 0 aromatic heterocycles. The van der Waals surface area contributed by atoms with Crippen LogP contribution in [0.1, 0.15) is 10.4 Å². The number of carboxylic acids is 1. The van der Waals surface area contributed by atoms with Gasteiger partial charge in [0.15, 0.2) is 0 Å². The Morgan fingerprint density at radius 3 is 2.28 bits per heavy atom. The van der Waals surface area contributed by atoms with E-state index in [-0.39, 0.29) is 0 Å². The number of hydrogen-bond acceptors (Lipinski definition) is 3. The fourth-order valence-electron chi connectivity index (χ4n) is 0.939. The first-order valence-electron chi connectivity index (χ1n) is 4.16. The van der Waals surface area contributed by atoms with Crippen molar-refractivity contribution in [2.75, 3.05) is 4.72 Å². The van der Waals surface area contributed by atoms with Crippen LogP contribution in [0.3, 0.4) is 0 Å². The molecular formula is C8H5F4NO4S. The van der Waals surface area contributed by atoms with Gasteiger partial charge in [0.2, 0.25) is 0 Å². The number of anilines is 1. The van der Waals surface area contributed by atoms with Crippen molar-refractivity contribution in [1.82, 2.24) is 0 Å². The zero-order chi connectivity index (χ0) is 14.1. The number of benzene rings is 1. The van der Waals surface area contributed by atoms with Crippen molar-refractivity contribution in [2.24, 2.45) is 0 Å². The van der Waals surface area contributed by atoms with E-state index in [2.05, 4.69) is 0 Å². The molecule has 10 heteroatoms. The maximum absolute atomic E-state index is 13.1. The van der Waals surface area contributed by atoms with Crippen LogP contribution in [0.2, 0.25) is 0 Å². The molecule has 0 amide bonds. The van der Waals surface area contributed by atoms with Crippen LogP contribution in [-0.2, 0) is 10.0 Å². The van der Waals surface area contributed by atoms with Gasteiger partial charge in [-0.3, -0.25) is 4.72 Å². The first-order chi connectivity index (χ1) is 8.04. The number of rotatable bonds is 3. The zero-order valence-electron chi connectivity index (χ0n) is 8.32. The smallest absolute Gasteiger partial charge is 0.478 e. The number of carbonyl (C=O) groups is 1. The van der Waals surface area contributed by atoms with Gasteiger partial charge in [-0.15, -0.1) is 0 Å². The SMILES string of the molecule is O=C(O)c1ccc(F)c(NS(=O)(=O)C(F)(F)F)c1. The van der Waals surface area contributed by atoms with Crippen LogP contribution in [0.5, 0.6) is 0 Å². The molecule has 1 rings (SSSR count). The zero-order valence-corrected chi connectivity index (χ0v) is 9.14. The highest BCUT2D eigenvalue weighted by molar-refractivity contribution is 7.93. The Labute approximate surface area is 98.1 Å². The van der Waals surface area contributed by atoms with Crippen LogP contribution in [0, 0.1) is 5.82 Å². The number of hydrogen-bond donors (Lipinski definition) is 2. The molecule has 0 aliphatic carbocycles. The molecule has 0 bridgehead atoms. The lowest BCUT2D eigenvalue weighted by Crippen LogP contribution is -2.30. The highest BCUT2D eigenvalue weighted by atomic mass is 32.2. The van der Waals surface area contributed by atoms with Gasteiger partial charge in [-0.25, -0.2) is 9.18 Å². The van der Waals surface area contributed by atoms with Crippen LogP contribution in [-0.4, -0.2) is 25.0 Å². The van der Waals surface area contributed by atoms with E-state index in [1.807, 2.05) is 0 Å². The van der Waals surface area contributed by atoms with Gasteiger partial charge >= 0.3 is 21.5 Å². The molecule has 0 fully saturated rings. The minimum atomic E-state index is -5.80. The van der Waals surface area contributed by atoms with Gasteiger partial charge in [-0.2, -0.15) is 21.6 Å². The fraction of sp³-hybridized carbons (Fsp3) is 0.125. The number of sulfonamides is 1. The van der Waals surface area contributed by atoms with Crippen molar-refractivity contribution in [2.45, 2.75) is 5.51 Å². The summed E-state index contributed by atoms with van der Waals surface area (Å²) in [5.74, 6) is -2.87. The van der Waals surface area contributed by atoms with Crippen molar-refractivity contribution in [1.29, 1.82) is 0 Å². The third-order valence-electron chi connectivity index (χ3n) is 1.76. The standard InChI is InChI=1S/C8H5F4NO4S/c9-5-2-1-4(7(14)15)3-6(5)13-18(16,17)8(10,11)12/h1-3,13H,(H,14,15). The minimum Gasteiger partial charge on any atom is -0.478 e. The van der Waals surface area contributed by atoms with Crippen molar-refractivity contribution in [3.8, 4) is 0 Å². The summed E-state index contributed by atoms with van der Waals surface area (Å²) in [6, 6.07) is 1.77. The van der Waals surface area contributed by atoms with Crippen LogP contribution in [0.25, 0.3) is 0 Å². The van der Waals surface area contributed by atoms with Gasteiger partial charge in [-0.05, 0) is 18.2 Å². The van der Waals surface area contributed by atoms with Gasteiger partial charge in [-0.1, -0.05) is 0 Å². The van der Waals surface area contributed by atoms with E-state index in [9.17, 15) is 30.8 Å². The number of alkyl halides is 3. The van der Waals surface area contributed by atoms with Crippen molar-refractivity contribution < 1.29 is 35.9 Å². The quantitative estimate of drug-likeness (QED) is 0.830. The topological polar surface area (TPSA) is 83.5 Å². The molecule has 0 aliphatic heterocycles. The molecule has 0 heterocycles. The summed E-state index contributed by atoms with van der Waals surface area (Å²) in [5.41, 5.74) is -7.28. The second-order valence-corrected chi connectivity index (χ2v) is 4.72. The van der Waals surface area contributed by atoms with Crippen molar-refractivity contribution >= 4 is 21.7 Å². The molecule has 0 saturated heterocycles. The molecule has 1 aromatic carbocycles. The molecule has 5 nitrogen and oxygen atoms in total. The van der Waals surface area contributed by atoms with E-state index in [1.54, 1.807) is 0 Å². The van der Waals surface area contributed by atoms with E-state index in [0.29, 0.717) is 12.1 Å². The Hall–Kier alpha value is -1.84. The largest absolute Gasteiger partial charge is 0.516 e. The predicted octanol–water partition coefficient (Wildman–Crippen LogP) is 1.79. The van der Waals surface area contributed by atoms with E-state index in [1.165, 1.54) is 0 Å². The molecule has 0 aliphatic rings. The summed E-state index contributed by atoms with van der Waals surface area (Å²) in [5, 5.41) is 8.54. The van der Waals surface area contributed by atoms with Crippen molar-refractivity contribution in [3.05, 3.63) is 29.6 Å². The van der Waals surface area contributed by atoms with Gasteiger partial charge in [0.1, 0.15) is 5.82 Å². The molecule has 100 valence electrons. The second kappa shape index (κ2) is 4.44. The van der Waals surface area contributed by atoms with Gasteiger partial charge in [0.25, 0.3) is 0 Å². The first kappa shape index (κ1) is 14.2. The monoisotopic (exact) mass is 287 g/mol. The Kier molecular flexibility index (Phi) is 3.51. The summed E-state index contributed by atoms with van der Waals surface area (Å²) < 4.78 is 71.5. The Morgan fingerprint density at radius 2 is 1.83 bits per heavy atom. The number of halogens is 4. The highest BCUT2D eigenvalue weighted by Crippen LogP contribution is 2.27. The number of nitrogens with one attached hydrogen (secondary N) is 1. The van der Waals surface area contributed by atoms with Crippen LogP contribution in [0.15, 0.2) is 18.2 Å². The lowest BCUT2D eigenvalue weighted by molar-refractivity contribution is -0.0429. The number of carboxylic acid groups (broad SMARTS) is 1. The van der Waals surface area contributed by atoms with Crippen LogP contribution in [0.4, 0.5) is 23.2 Å². The lowest BCUT2D eigenvalue weighted by atomic mass is 10.2. The summed E-state index contributed by atoms with van der Waals surface area (Å²) in [4.78, 5) is 10.5. The maximum atomic E-state index is 13.1. The molecular weight excluding hydrogens is 282 g/mol. The average molecular weight is 287 g/mol. The third-order valence-corrected chi connectivity index (χ3v) is 2.86. The molecule has 0 saturated carbocycles. The van der Waals surface area contributed by atoms with Crippen LogP contribution < -0.4 is 4.72 Å². The normalized spacial score (nSPS) is 12.2.